The first-order chi connectivity index (χ1) is 11.4. The topological polar surface area (TPSA) is 49.4 Å². The van der Waals surface area contributed by atoms with Gasteiger partial charge in [-0.2, -0.15) is 4.31 Å². The van der Waals surface area contributed by atoms with Crippen LogP contribution < -0.4 is 5.32 Å². The average molecular weight is 387 g/mol. The summed E-state index contributed by atoms with van der Waals surface area (Å²) in [6, 6.07) is 12.5. The molecule has 2 aromatic carbocycles. The van der Waals surface area contributed by atoms with E-state index in [9.17, 15) is 8.42 Å². The van der Waals surface area contributed by atoms with E-state index in [1.165, 1.54) is 17.4 Å². The minimum absolute atomic E-state index is 0.0306. The van der Waals surface area contributed by atoms with Crippen molar-refractivity contribution in [2.45, 2.75) is 24.9 Å². The van der Waals surface area contributed by atoms with Crippen LogP contribution in [0.3, 0.4) is 0 Å². The molecule has 0 amide bonds. The fourth-order valence-electron chi connectivity index (χ4n) is 2.29. The van der Waals surface area contributed by atoms with Gasteiger partial charge in [-0.25, -0.2) is 8.42 Å². The number of nitrogens with one attached hydrogen (secondary N) is 1. The number of benzene rings is 2. The van der Waals surface area contributed by atoms with Crippen LogP contribution in [0.15, 0.2) is 47.4 Å². The van der Waals surface area contributed by atoms with Gasteiger partial charge >= 0.3 is 0 Å². The van der Waals surface area contributed by atoms with Gasteiger partial charge in [-0.05, 0) is 29.8 Å². The Hall–Kier alpha value is -1.11. The van der Waals surface area contributed by atoms with Gasteiger partial charge in [0, 0.05) is 25.2 Å². The number of rotatable bonds is 7. The SMILES string of the molecule is CCNCc1cc(Cl)cc(S(=O)(=O)N(C)Cc2ccccc2)c1Cl. The molecule has 0 fully saturated rings. The first-order valence-electron chi connectivity index (χ1n) is 7.55. The standard InChI is InChI=1S/C17H20Cl2N2O2S/c1-3-20-11-14-9-15(18)10-16(17(14)19)24(22,23)21(2)12-13-7-5-4-6-8-13/h4-10,20H,3,11-12H2,1-2H3. The Morgan fingerprint density at radius 2 is 1.79 bits per heavy atom. The first kappa shape index (κ1) is 19.2. The van der Waals surface area contributed by atoms with Crippen LogP contribution in [0.1, 0.15) is 18.1 Å². The van der Waals surface area contributed by atoms with Gasteiger partial charge in [0.2, 0.25) is 10.0 Å². The lowest BCUT2D eigenvalue weighted by atomic mass is 10.2. The maximum Gasteiger partial charge on any atom is 0.244 e. The van der Waals surface area contributed by atoms with Crippen molar-refractivity contribution in [3.63, 3.8) is 0 Å². The Kier molecular flexibility index (Phi) is 6.66. The summed E-state index contributed by atoms with van der Waals surface area (Å²) >= 11 is 12.4. The summed E-state index contributed by atoms with van der Waals surface area (Å²) in [4.78, 5) is 0.0306. The zero-order chi connectivity index (χ0) is 17.7. The van der Waals surface area contributed by atoms with Crippen molar-refractivity contribution in [3.8, 4) is 0 Å². The molecule has 24 heavy (non-hydrogen) atoms. The van der Waals surface area contributed by atoms with E-state index >= 15 is 0 Å². The first-order valence-corrected chi connectivity index (χ1v) is 9.74. The summed E-state index contributed by atoms with van der Waals surface area (Å²) in [5.41, 5.74) is 1.56. The van der Waals surface area contributed by atoms with Crippen LogP contribution in [0.5, 0.6) is 0 Å². The zero-order valence-corrected chi connectivity index (χ0v) is 15.9. The van der Waals surface area contributed by atoms with Crippen molar-refractivity contribution in [2.24, 2.45) is 0 Å². The van der Waals surface area contributed by atoms with Crippen LogP contribution in [0.4, 0.5) is 0 Å². The summed E-state index contributed by atoms with van der Waals surface area (Å²) in [5, 5.41) is 3.68. The molecule has 0 bridgehead atoms. The molecule has 2 aromatic rings. The van der Waals surface area contributed by atoms with Gasteiger partial charge in [0.1, 0.15) is 4.90 Å². The molecule has 0 aliphatic heterocycles. The van der Waals surface area contributed by atoms with E-state index in [0.717, 1.165) is 12.1 Å². The number of halogens is 2. The average Bonchev–Trinajstić information content (AvgIpc) is 2.56. The Morgan fingerprint density at radius 3 is 2.42 bits per heavy atom. The van der Waals surface area contributed by atoms with Crippen molar-refractivity contribution >= 4 is 33.2 Å². The fourth-order valence-corrected chi connectivity index (χ4v) is 4.35. The molecule has 0 saturated carbocycles. The highest BCUT2D eigenvalue weighted by Gasteiger charge is 2.25. The van der Waals surface area contributed by atoms with Crippen LogP contribution in [0.2, 0.25) is 10.0 Å². The van der Waals surface area contributed by atoms with Crippen LogP contribution in [-0.2, 0) is 23.1 Å². The van der Waals surface area contributed by atoms with E-state index in [4.69, 9.17) is 23.2 Å². The smallest absolute Gasteiger partial charge is 0.244 e. The normalized spacial score (nSPS) is 11.9. The maximum absolute atomic E-state index is 12.9. The summed E-state index contributed by atoms with van der Waals surface area (Å²) in [5.74, 6) is 0. The molecule has 0 atom stereocenters. The summed E-state index contributed by atoms with van der Waals surface area (Å²) in [6.07, 6.45) is 0. The minimum Gasteiger partial charge on any atom is -0.313 e. The molecule has 7 heteroatoms. The summed E-state index contributed by atoms with van der Waals surface area (Å²) in [6.45, 7) is 3.43. The molecule has 1 N–H and O–H groups in total. The van der Waals surface area contributed by atoms with E-state index in [1.54, 1.807) is 6.07 Å². The maximum atomic E-state index is 12.9. The van der Waals surface area contributed by atoms with Gasteiger partial charge in [-0.3, -0.25) is 0 Å². The van der Waals surface area contributed by atoms with Crippen molar-refractivity contribution in [1.29, 1.82) is 0 Å². The molecule has 130 valence electrons. The van der Waals surface area contributed by atoms with E-state index < -0.39 is 10.0 Å². The second-order valence-corrected chi connectivity index (χ2v) is 8.23. The Bertz CT molecular complexity index is 796. The third-order valence-corrected chi connectivity index (χ3v) is 6.19. The number of sulfonamides is 1. The predicted molar refractivity (Wildman–Crippen MR) is 98.9 cm³/mol. The van der Waals surface area contributed by atoms with Crippen LogP contribution >= 0.6 is 23.2 Å². The largest absolute Gasteiger partial charge is 0.313 e. The highest BCUT2D eigenvalue weighted by atomic mass is 35.5. The summed E-state index contributed by atoms with van der Waals surface area (Å²) in [7, 11) is -2.22. The molecule has 0 aromatic heterocycles. The van der Waals surface area contributed by atoms with Crippen molar-refractivity contribution in [3.05, 3.63) is 63.6 Å². The van der Waals surface area contributed by atoms with Gasteiger partial charge in [-0.1, -0.05) is 60.5 Å². The monoisotopic (exact) mass is 386 g/mol. The van der Waals surface area contributed by atoms with Crippen molar-refractivity contribution in [1.82, 2.24) is 9.62 Å². The highest BCUT2D eigenvalue weighted by molar-refractivity contribution is 7.89. The second-order valence-electron chi connectivity index (χ2n) is 5.40. The predicted octanol–water partition coefficient (Wildman–Crippen LogP) is 3.92. The molecule has 0 spiro atoms. The van der Waals surface area contributed by atoms with Gasteiger partial charge in [-0.15, -0.1) is 0 Å². The van der Waals surface area contributed by atoms with E-state index in [-0.39, 0.29) is 16.5 Å². The molecule has 0 radical (unpaired) electrons. The lowest BCUT2D eigenvalue weighted by molar-refractivity contribution is 0.466. The lowest BCUT2D eigenvalue weighted by Crippen LogP contribution is -2.27. The zero-order valence-electron chi connectivity index (χ0n) is 13.6. The van der Waals surface area contributed by atoms with E-state index in [0.29, 0.717) is 17.1 Å². The van der Waals surface area contributed by atoms with Crippen LogP contribution in [-0.4, -0.2) is 26.3 Å². The van der Waals surface area contributed by atoms with Gasteiger partial charge in [0.25, 0.3) is 0 Å². The molecule has 0 aliphatic rings. The molecular weight excluding hydrogens is 367 g/mol. The Labute approximate surface area is 153 Å². The third-order valence-electron chi connectivity index (χ3n) is 3.58. The lowest BCUT2D eigenvalue weighted by Gasteiger charge is -2.19. The highest BCUT2D eigenvalue weighted by Crippen LogP contribution is 2.31. The number of hydrogen-bond acceptors (Lipinski definition) is 3. The summed E-state index contributed by atoms with van der Waals surface area (Å²) < 4.78 is 27.1. The molecule has 0 aliphatic carbocycles. The fraction of sp³-hybridized carbons (Fsp3) is 0.294. The van der Waals surface area contributed by atoms with E-state index in [1.807, 2.05) is 37.3 Å². The minimum atomic E-state index is -3.75. The molecular formula is C17H20Cl2N2O2S. The molecule has 2 rings (SSSR count). The molecule has 4 nitrogen and oxygen atoms in total. The third kappa shape index (κ3) is 4.49. The van der Waals surface area contributed by atoms with Crippen molar-refractivity contribution < 1.29 is 8.42 Å². The van der Waals surface area contributed by atoms with Crippen molar-refractivity contribution in [2.75, 3.05) is 13.6 Å². The molecule has 0 unspecified atom stereocenters. The second kappa shape index (κ2) is 8.32. The van der Waals surface area contributed by atoms with Gasteiger partial charge < -0.3 is 5.32 Å². The number of hydrogen-bond donors (Lipinski definition) is 1. The van der Waals surface area contributed by atoms with Gasteiger partial charge in [0.15, 0.2) is 0 Å². The molecule has 0 heterocycles. The number of nitrogens with zero attached hydrogens (tertiary/aromatic N) is 1. The Morgan fingerprint density at radius 1 is 1.12 bits per heavy atom. The van der Waals surface area contributed by atoms with Crippen LogP contribution in [0.25, 0.3) is 0 Å². The van der Waals surface area contributed by atoms with Gasteiger partial charge in [0.05, 0.1) is 5.02 Å². The van der Waals surface area contributed by atoms with Crippen LogP contribution in [0, 0.1) is 0 Å². The quantitative estimate of drug-likeness (QED) is 0.784. The van der Waals surface area contributed by atoms with E-state index in [2.05, 4.69) is 5.32 Å². The Balaban J connectivity index is 2.36. The molecule has 0 saturated heterocycles.